The first-order chi connectivity index (χ1) is 10.1. The predicted octanol–water partition coefficient (Wildman–Crippen LogP) is 3.32. The van der Waals surface area contributed by atoms with Gasteiger partial charge in [0.1, 0.15) is 4.99 Å². The molecule has 0 fully saturated rings. The molecule has 0 unspecified atom stereocenters. The maximum absolute atomic E-state index is 6.14. The van der Waals surface area contributed by atoms with Crippen LogP contribution in [-0.4, -0.2) is 11.8 Å². The summed E-state index contributed by atoms with van der Waals surface area (Å²) in [6.45, 7) is 0.874. The lowest BCUT2D eigenvalue weighted by Crippen LogP contribution is -2.14. The normalized spacial score (nSPS) is 12.2. The van der Waals surface area contributed by atoms with Gasteiger partial charge in [0.25, 0.3) is 0 Å². The summed E-state index contributed by atoms with van der Waals surface area (Å²) in [4.78, 5) is 0.272. The highest BCUT2D eigenvalue weighted by Crippen LogP contribution is 2.33. The molecular weight excluding hydrogens is 308 g/mol. The quantitative estimate of drug-likeness (QED) is 0.846. The lowest BCUT2D eigenvalue weighted by molar-refractivity contribution is 0.174. The lowest BCUT2D eigenvalue weighted by Gasteiger charge is -2.13. The molecule has 3 rings (SSSR count). The topological polar surface area (TPSA) is 56.5 Å². The van der Waals surface area contributed by atoms with Crippen LogP contribution in [0.25, 0.3) is 0 Å². The van der Waals surface area contributed by atoms with Gasteiger partial charge < -0.3 is 20.5 Å². The first kappa shape index (κ1) is 14.0. The number of nitrogens with two attached hydrogens (primary N) is 1. The second kappa shape index (κ2) is 5.79. The molecule has 0 saturated carbocycles. The lowest BCUT2D eigenvalue weighted by atomic mass is 10.1. The van der Waals surface area contributed by atoms with E-state index in [0.29, 0.717) is 17.1 Å². The smallest absolute Gasteiger partial charge is 0.231 e. The molecule has 0 atom stereocenters. The van der Waals surface area contributed by atoms with E-state index in [4.69, 9.17) is 39.0 Å². The third-order valence-corrected chi connectivity index (χ3v) is 3.70. The molecule has 21 heavy (non-hydrogen) atoms. The summed E-state index contributed by atoms with van der Waals surface area (Å²) in [5, 5.41) is 3.83. The van der Waals surface area contributed by atoms with Gasteiger partial charge in [0.05, 0.1) is 10.6 Å². The number of nitrogens with one attached hydrogen (secondary N) is 1. The van der Waals surface area contributed by atoms with Crippen LogP contribution >= 0.6 is 23.8 Å². The van der Waals surface area contributed by atoms with E-state index in [-0.39, 0.29) is 11.8 Å². The standard InChI is InChI=1S/C15H13ClN2O2S/c16-10-2-1-3-11(14(10)15(17)21)18-7-9-4-5-12-13(6-9)20-8-19-12/h1-6,18H,7-8H2,(H2,17,21). The van der Waals surface area contributed by atoms with E-state index >= 15 is 0 Å². The Labute approximate surface area is 132 Å². The van der Waals surface area contributed by atoms with Crippen LogP contribution in [0, 0.1) is 0 Å². The largest absolute Gasteiger partial charge is 0.454 e. The van der Waals surface area contributed by atoms with Crippen molar-refractivity contribution in [2.45, 2.75) is 6.54 Å². The van der Waals surface area contributed by atoms with Crippen LogP contribution in [0.5, 0.6) is 11.5 Å². The van der Waals surface area contributed by atoms with E-state index in [1.54, 1.807) is 6.07 Å². The molecule has 3 N–H and O–H groups in total. The molecule has 2 aromatic carbocycles. The Hall–Kier alpha value is -1.98. The van der Waals surface area contributed by atoms with Gasteiger partial charge in [-0.1, -0.05) is 36.0 Å². The van der Waals surface area contributed by atoms with Crippen molar-refractivity contribution in [1.82, 2.24) is 0 Å². The van der Waals surface area contributed by atoms with Gasteiger partial charge >= 0.3 is 0 Å². The van der Waals surface area contributed by atoms with Gasteiger partial charge in [-0.2, -0.15) is 0 Å². The van der Waals surface area contributed by atoms with E-state index in [1.165, 1.54) is 0 Å². The van der Waals surface area contributed by atoms with Crippen LogP contribution < -0.4 is 20.5 Å². The van der Waals surface area contributed by atoms with Crippen LogP contribution in [-0.2, 0) is 6.54 Å². The molecule has 1 heterocycles. The Morgan fingerprint density at radius 3 is 2.86 bits per heavy atom. The number of fused-ring (bicyclic) bond motifs is 1. The van der Waals surface area contributed by atoms with E-state index in [1.807, 2.05) is 30.3 Å². The number of benzene rings is 2. The number of ether oxygens (including phenoxy) is 2. The number of hydrogen-bond donors (Lipinski definition) is 2. The number of hydrogen-bond acceptors (Lipinski definition) is 4. The summed E-state index contributed by atoms with van der Waals surface area (Å²) in [6.07, 6.45) is 0. The fourth-order valence-electron chi connectivity index (χ4n) is 2.17. The van der Waals surface area contributed by atoms with Crippen molar-refractivity contribution >= 4 is 34.5 Å². The van der Waals surface area contributed by atoms with Crippen molar-refractivity contribution in [3.63, 3.8) is 0 Å². The van der Waals surface area contributed by atoms with Crippen molar-refractivity contribution in [2.75, 3.05) is 12.1 Å². The van der Waals surface area contributed by atoms with E-state index in [9.17, 15) is 0 Å². The molecule has 108 valence electrons. The Bertz CT molecular complexity index is 706. The van der Waals surface area contributed by atoms with Crippen molar-refractivity contribution in [3.8, 4) is 11.5 Å². The van der Waals surface area contributed by atoms with Crippen molar-refractivity contribution in [3.05, 3.63) is 52.5 Å². The third kappa shape index (κ3) is 2.89. The summed E-state index contributed by atoms with van der Waals surface area (Å²) < 4.78 is 10.6. The van der Waals surface area contributed by atoms with Crippen molar-refractivity contribution in [2.24, 2.45) is 5.73 Å². The van der Waals surface area contributed by atoms with Crippen LogP contribution in [0.2, 0.25) is 5.02 Å². The molecule has 0 bridgehead atoms. The van der Waals surface area contributed by atoms with Crippen molar-refractivity contribution < 1.29 is 9.47 Å². The maximum atomic E-state index is 6.14. The number of rotatable bonds is 4. The summed E-state index contributed by atoms with van der Waals surface area (Å²) >= 11 is 11.2. The molecule has 0 amide bonds. The molecule has 4 nitrogen and oxygen atoms in total. The molecule has 0 aromatic heterocycles. The average Bonchev–Trinajstić information content (AvgIpc) is 2.92. The molecule has 0 aliphatic carbocycles. The molecule has 0 spiro atoms. The van der Waals surface area contributed by atoms with Crippen LogP contribution in [0.3, 0.4) is 0 Å². The van der Waals surface area contributed by atoms with Gasteiger partial charge in [-0.15, -0.1) is 0 Å². The minimum absolute atomic E-state index is 0.270. The van der Waals surface area contributed by atoms with Gasteiger partial charge in [0, 0.05) is 12.2 Å². The van der Waals surface area contributed by atoms with Crippen LogP contribution in [0.1, 0.15) is 11.1 Å². The average molecular weight is 321 g/mol. The first-order valence-corrected chi connectivity index (χ1v) is 7.14. The van der Waals surface area contributed by atoms with Crippen molar-refractivity contribution in [1.29, 1.82) is 0 Å². The number of thiocarbonyl (C=S) groups is 1. The second-order valence-corrected chi connectivity index (χ2v) is 5.41. The molecule has 1 aliphatic rings. The number of anilines is 1. The molecule has 6 heteroatoms. The molecule has 2 aromatic rings. The summed E-state index contributed by atoms with van der Waals surface area (Å²) in [5.74, 6) is 1.53. The van der Waals surface area contributed by atoms with E-state index in [0.717, 1.165) is 22.7 Å². The zero-order valence-corrected chi connectivity index (χ0v) is 12.6. The first-order valence-electron chi connectivity index (χ1n) is 6.36. The second-order valence-electron chi connectivity index (χ2n) is 4.57. The summed E-state index contributed by atoms with van der Waals surface area (Å²) in [6, 6.07) is 11.3. The summed E-state index contributed by atoms with van der Waals surface area (Å²) in [7, 11) is 0. The molecule has 1 aliphatic heterocycles. The fraction of sp³-hybridized carbons (Fsp3) is 0.133. The SMILES string of the molecule is NC(=S)c1c(Cl)cccc1NCc1ccc2c(c1)OCO2. The minimum atomic E-state index is 0.270. The minimum Gasteiger partial charge on any atom is -0.454 e. The van der Waals surface area contributed by atoms with Gasteiger partial charge in [-0.25, -0.2) is 0 Å². The highest BCUT2D eigenvalue weighted by atomic mass is 35.5. The van der Waals surface area contributed by atoms with E-state index in [2.05, 4.69) is 5.32 Å². The van der Waals surface area contributed by atoms with Crippen LogP contribution in [0.4, 0.5) is 5.69 Å². The Morgan fingerprint density at radius 2 is 2.05 bits per heavy atom. The van der Waals surface area contributed by atoms with Gasteiger partial charge in [0.2, 0.25) is 6.79 Å². The summed E-state index contributed by atoms with van der Waals surface area (Å²) in [5.41, 5.74) is 8.27. The zero-order chi connectivity index (χ0) is 14.8. The Balaban J connectivity index is 1.79. The molecular formula is C15H13ClN2O2S. The monoisotopic (exact) mass is 320 g/mol. The highest BCUT2D eigenvalue weighted by molar-refractivity contribution is 7.80. The highest BCUT2D eigenvalue weighted by Gasteiger charge is 2.14. The third-order valence-electron chi connectivity index (χ3n) is 3.18. The Kier molecular flexibility index (Phi) is 3.86. The predicted molar refractivity (Wildman–Crippen MR) is 87.2 cm³/mol. The zero-order valence-electron chi connectivity index (χ0n) is 11.1. The maximum Gasteiger partial charge on any atom is 0.231 e. The van der Waals surface area contributed by atoms with Gasteiger partial charge in [-0.05, 0) is 29.8 Å². The number of halogens is 1. The molecule has 0 radical (unpaired) electrons. The fourth-order valence-corrected chi connectivity index (χ4v) is 2.72. The van der Waals surface area contributed by atoms with Gasteiger partial charge in [0.15, 0.2) is 11.5 Å². The van der Waals surface area contributed by atoms with Crippen LogP contribution in [0.15, 0.2) is 36.4 Å². The van der Waals surface area contributed by atoms with Gasteiger partial charge in [-0.3, -0.25) is 0 Å². The van der Waals surface area contributed by atoms with E-state index < -0.39 is 0 Å². The Morgan fingerprint density at radius 1 is 1.24 bits per heavy atom. The molecule has 0 saturated heterocycles.